The lowest BCUT2D eigenvalue weighted by Gasteiger charge is -2.19. The van der Waals surface area contributed by atoms with Gasteiger partial charge in [-0.05, 0) is 42.4 Å². The minimum Gasteiger partial charge on any atom is -0.478 e. The summed E-state index contributed by atoms with van der Waals surface area (Å²) in [5.74, 6) is -0.599. The minimum atomic E-state index is -1.08. The van der Waals surface area contributed by atoms with E-state index in [2.05, 4.69) is 12.6 Å². The molecular weight excluding hydrogens is 240 g/mol. The van der Waals surface area contributed by atoms with E-state index in [0.717, 1.165) is 5.56 Å². The molecule has 4 nitrogen and oxygen atoms in total. The van der Waals surface area contributed by atoms with Crippen molar-refractivity contribution >= 4 is 18.6 Å². The number of carbonyl (C=O) groups is 1. The SMILES string of the molecule is Cc1ccc(C(=O)O)cc1C(O)C(O)CCS. The van der Waals surface area contributed by atoms with Crippen LogP contribution >= 0.6 is 12.6 Å². The first-order valence-corrected chi connectivity index (χ1v) is 5.91. The predicted octanol–water partition coefficient (Wildman–Crippen LogP) is 1.41. The van der Waals surface area contributed by atoms with Gasteiger partial charge in [0.15, 0.2) is 0 Å². The minimum absolute atomic E-state index is 0.0997. The van der Waals surface area contributed by atoms with Gasteiger partial charge in [-0.3, -0.25) is 0 Å². The van der Waals surface area contributed by atoms with Crippen LogP contribution in [0.2, 0.25) is 0 Å². The highest BCUT2D eigenvalue weighted by Gasteiger charge is 2.20. The van der Waals surface area contributed by atoms with Crippen LogP contribution in [-0.2, 0) is 0 Å². The molecule has 94 valence electrons. The smallest absolute Gasteiger partial charge is 0.335 e. The molecule has 0 aromatic heterocycles. The molecule has 0 fully saturated rings. The Hall–Kier alpha value is -1.04. The zero-order valence-electron chi connectivity index (χ0n) is 9.50. The monoisotopic (exact) mass is 256 g/mol. The molecule has 1 rings (SSSR count). The average molecular weight is 256 g/mol. The fourth-order valence-corrected chi connectivity index (χ4v) is 1.85. The second-order valence-corrected chi connectivity index (χ2v) is 4.35. The van der Waals surface area contributed by atoms with Crippen LogP contribution in [-0.4, -0.2) is 33.1 Å². The molecule has 5 heteroatoms. The van der Waals surface area contributed by atoms with E-state index in [0.29, 0.717) is 17.7 Å². The highest BCUT2D eigenvalue weighted by Crippen LogP contribution is 2.24. The van der Waals surface area contributed by atoms with Gasteiger partial charge in [0.1, 0.15) is 6.10 Å². The van der Waals surface area contributed by atoms with E-state index in [1.54, 1.807) is 13.0 Å². The maximum absolute atomic E-state index is 10.8. The van der Waals surface area contributed by atoms with Crippen molar-refractivity contribution in [2.45, 2.75) is 25.6 Å². The van der Waals surface area contributed by atoms with Gasteiger partial charge in [0, 0.05) is 0 Å². The number of aliphatic hydroxyl groups excluding tert-OH is 2. The van der Waals surface area contributed by atoms with Crippen LogP contribution in [0.5, 0.6) is 0 Å². The summed E-state index contributed by atoms with van der Waals surface area (Å²) >= 11 is 3.98. The summed E-state index contributed by atoms with van der Waals surface area (Å²) in [4.78, 5) is 10.8. The van der Waals surface area contributed by atoms with E-state index >= 15 is 0 Å². The van der Waals surface area contributed by atoms with Gasteiger partial charge in [0.25, 0.3) is 0 Å². The third kappa shape index (κ3) is 3.46. The Morgan fingerprint density at radius 2 is 2.06 bits per heavy atom. The van der Waals surface area contributed by atoms with Crippen molar-refractivity contribution in [2.24, 2.45) is 0 Å². The number of hydrogen-bond acceptors (Lipinski definition) is 4. The van der Waals surface area contributed by atoms with E-state index in [1.807, 2.05) is 0 Å². The predicted molar refractivity (Wildman–Crippen MR) is 67.6 cm³/mol. The Morgan fingerprint density at radius 3 is 2.59 bits per heavy atom. The average Bonchev–Trinajstić information content (AvgIpc) is 2.28. The summed E-state index contributed by atoms with van der Waals surface area (Å²) in [6.45, 7) is 1.76. The molecule has 2 atom stereocenters. The summed E-state index contributed by atoms with van der Waals surface area (Å²) in [5, 5.41) is 28.5. The number of rotatable bonds is 5. The Bertz CT molecular complexity index is 405. The Kier molecular flexibility index (Phi) is 4.99. The molecule has 1 aromatic rings. The maximum atomic E-state index is 10.8. The first kappa shape index (κ1) is 14.0. The summed E-state index contributed by atoms with van der Waals surface area (Å²) in [6.07, 6.45) is -1.67. The molecule has 0 aliphatic carbocycles. The van der Waals surface area contributed by atoms with Gasteiger partial charge < -0.3 is 15.3 Å². The molecule has 0 saturated heterocycles. The van der Waals surface area contributed by atoms with Crippen molar-refractivity contribution in [3.8, 4) is 0 Å². The Morgan fingerprint density at radius 1 is 1.41 bits per heavy atom. The molecular formula is C12H16O4S. The maximum Gasteiger partial charge on any atom is 0.335 e. The van der Waals surface area contributed by atoms with Crippen molar-refractivity contribution in [1.82, 2.24) is 0 Å². The summed E-state index contributed by atoms with van der Waals surface area (Å²) in [7, 11) is 0. The molecule has 17 heavy (non-hydrogen) atoms. The zero-order valence-corrected chi connectivity index (χ0v) is 10.4. The Balaban J connectivity index is 3.03. The molecule has 0 bridgehead atoms. The topological polar surface area (TPSA) is 77.8 Å². The van der Waals surface area contributed by atoms with Gasteiger partial charge in [-0.25, -0.2) is 4.79 Å². The molecule has 0 amide bonds. The van der Waals surface area contributed by atoms with Crippen LogP contribution in [0, 0.1) is 6.92 Å². The number of aliphatic hydroxyl groups is 2. The van der Waals surface area contributed by atoms with E-state index in [9.17, 15) is 15.0 Å². The second kappa shape index (κ2) is 6.05. The normalized spacial score (nSPS) is 14.4. The molecule has 3 N–H and O–H groups in total. The van der Waals surface area contributed by atoms with Gasteiger partial charge in [-0.1, -0.05) is 6.07 Å². The molecule has 0 aliphatic rings. The lowest BCUT2D eigenvalue weighted by molar-refractivity contribution is 0.0168. The quantitative estimate of drug-likeness (QED) is 0.601. The first-order chi connectivity index (χ1) is 7.97. The lowest BCUT2D eigenvalue weighted by Crippen LogP contribution is -2.20. The van der Waals surface area contributed by atoms with E-state index in [1.165, 1.54) is 12.1 Å². The lowest BCUT2D eigenvalue weighted by atomic mass is 9.96. The first-order valence-electron chi connectivity index (χ1n) is 5.28. The fourth-order valence-electron chi connectivity index (χ4n) is 1.59. The molecule has 0 spiro atoms. The number of thiol groups is 1. The van der Waals surface area contributed by atoms with Gasteiger partial charge in [-0.15, -0.1) is 0 Å². The van der Waals surface area contributed by atoms with Crippen molar-refractivity contribution in [2.75, 3.05) is 5.75 Å². The van der Waals surface area contributed by atoms with Crippen molar-refractivity contribution in [3.05, 3.63) is 34.9 Å². The summed E-state index contributed by atoms with van der Waals surface area (Å²) in [6, 6.07) is 4.48. The standard InChI is InChI=1S/C12H16O4S/c1-7-2-3-8(12(15)16)6-9(7)11(14)10(13)4-5-17/h2-3,6,10-11,13-14,17H,4-5H2,1H3,(H,15,16). The van der Waals surface area contributed by atoms with Crippen molar-refractivity contribution in [3.63, 3.8) is 0 Å². The summed E-state index contributed by atoms with van der Waals surface area (Å²) in [5.41, 5.74) is 1.29. The number of benzene rings is 1. The third-order valence-electron chi connectivity index (χ3n) is 2.63. The third-order valence-corrected chi connectivity index (χ3v) is 2.89. The van der Waals surface area contributed by atoms with Gasteiger partial charge in [0.05, 0.1) is 11.7 Å². The highest BCUT2D eigenvalue weighted by atomic mass is 32.1. The number of aromatic carboxylic acids is 1. The summed E-state index contributed by atoms with van der Waals surface area (Å²) < 4.78 is 0. The van der Waals surface area contributed by atoms with Gasteiger partial charge >= 0.3 is 5.97 Å². The zero-order chi connectivity index (χ0) is 13.0. The molecule has 0 heterocycles. The number of aryl methyl sites for hydroxylation is 1. The molecule has 0 aliphatic heterocycles. The molecule has 2 unspecified atom stereocenters. The van der Waals surface area contributed by atoms with E-state index in [4.69, 9.17) is 5.11 Å². The fraction of sp³-hybridized carbons (Fsp3) is 0.417. The van der Waals surface area contributed by atoms with Gasteiger partial charge in [-0.2, -0.15) is 12.6 Å². The van der Waals surface area contributed by atoms with Crippen LogP contribution in [0.25, 0.3) is 0 Å². The second-order valence-electron chi connectivity index (χ2n) is 3.90. The van der Waals surface area contributed by atoms with Gasteiger partial charge in [0.2, 0.25) is 0 Å². The van der Waals surface area contributed by atoms with E-state index < -0.39 is 18.2 Å². The Labute approximate surface area is 105 Å². The van der Waals surface area contributed by atoms with Crippen molar-refractivity contribution < 1.29 is 20.1 Å². The van der Waals surface area contributed by atoms with Crippen LogP contribution < -0.4 is 0 Å². The number of carboxylic acids is 1. The van der Waals surface area contributed by atoms with Crippen LogP contribution in [0.4, 0.5) is 0 Å². The van der Waals surface area contributed by atoms with Crippen LogP contribution in [0.3, 0.4) is 0 Å². The molecule has 0 saturated carbocycles. The number of hydrogen-bond donors (Lipinski definition) is 4. The molecule has 1 aromatic carbocycles. The van der Waals surface area contributed by atoms with E-state index in [-0.39, 0.29) is 5.56 Å². The molecule has 0 radical (unpaired) electrons. The van der Waals surface area contributed by atoms with Crippen LogP contribution in [0.1, 0.15) is 34.0 Å². The number of carboxylic acid groups (broad SMARTS) is 1. The largest absolute Gasteiger partial charge is 0.478 e. The van der Waals surface area contributed by atoms with Crippen LogP contribution in [0.15, 0.2) is 18.2 Å². The highest BCUT2D eigenvalue weighted by molar-refractivity contribution is 7.80. The van der Waals surface area contributed by atoms with Crippen molar-refractivity contribution in [1.29, 1.82) is 0 Å².